The molecule has 9 nitrogen and oxygen atoms in total. The average Bonchev–Trinajstić information content (AvgIpc) is 3.58. The van der Waals surface area contributed by atoms with E-state index in [2.05, 4.69) is 25.8 Å². The lowest BCUT2D eigenvalue weighted by Crippen LogP contribution is -2.32. The Morgan fingerprint density at radius 3 is 2.11 bits per heavy atom. The maximum absolute atomic E-state index is 13.3. The van der Waals surface area contributed by atoms with Crippen LogP contribution in [-0.2, 0) is 4.79 Å². The highest BCUT2D eigenvalue weighted by molar-refractivity contribution is 6.39. The summed E-state index contributed by atoms with van der Waals surface area (Å²) in [7, 11) is 0. The van der Waals surface area contributed by atoms with Crippen LogP contribution in [0.15, 0.2) is 60.4 Å². The second kappa shape index (κ2) is 6.70. The van der Waals surface area contributed by atoms with Crippen LogP contribution in [0.2, 0.25) is 0 Å². The summed E-state index contributed by atoms with van der Waals surface area (Å²) in [5.74, 6) is -1.90. The molecule has 4 heterocycles. The highest BCUT2D eigenvalue weighted by Gasteiger charge is 2.44. The molecule has 0 saturated heterocycles. The van der Waals surface area contributed by atoms with Gasteiger partial charge in [0.05, 0.1) is 28.2 Å². The number of hydrogen-bond donors (Lipinski definition) is 4. The van der Waals surface area contributed by atoms with Gasteiger partial charge < -0.3 is 25.3 Å². The van der Waals surface area contributed by atoms with Gasteiger partial charge in [0.15, 0.2) is 0 Å². The molecule has 2 aliphatic heterocycles. The highest BCUT2D eigenvalue weighted by atomic mass is 16.4. The zero-order chi connectivity index (χ0) is 25.2. The summed E-state index contributed by atoms with van der Waals surface area (Å²) in [5, 5.41) is 18.6. The summed E-state index contributed by atoms with van der Waals surface area (Å²) < 4.78 is 4.64. The number of nitrogens with one attached hydrogen (secondary N) is 2. The number of carboxylic acids is 1. The third kappa shape index (κ3) is 2.36. The Hall–Kier alpha value is -4.79. The van der Waals surface area contributed by atoms with Crippen molar-refractivity contribution in [1.29, 1.82) is 0 Å². The molecule has 37 heavy (non-hydrogen) atoms. The van der Waals surface area contributed by atoms with Crippen LogP contribution in [0.4, 0.5) is 0 Å². The number of nitrogens with zero attached hydrogens (tertiary/aromatic N) is 2. The quantitative estimate of drug-likeness (QED) is 0.226. The topological polar surface area (TPSA) is 131 Å². The van der Waals surface area contributed by atoms with Crippen LogP contribution < -0.4 is 16.4 Å². The van der Waals surface area contributed by atoms with Crippen molar-refractivity contribution in [3.63, 3.8) is 0 Å². The second-order valence-corrected chi connectivity index (χ2v) is 10.1. The fourth-order valence-electron chi connectivity index (χ4n) is 7.08. The van der Waals surface area contributed by atoms with Crippen molar-refractivity contribution in [3.05, 3.63) is 71.6 Å². The van der Waals surface area contributed by atoms with Crippen LogP contribution in [0.1, 0.15) is 45.6 Å². The fourth-order valence-corrected chi connectivity index (χ4v) is 7.08. The summed E-state index contributed by atoms with van der Waals surface area (Å²) in [5.41, 5.74) is 10.3. The minimum Gasteiger partial charge on any atom is -0.477 e. The van der Waals surface area contributed by atoms with Crippen molar-refractivity contribution in [2.75, 3.05) is 0 Å². The molecule has 3 unspecified atom stereocenters. The summed E-state index contributed by atoms with van der Waals surface area (Å²) in [6, 6.07) is 16.0. The number of nitrogens with two attached hydrogens (primary N) is 1. The molecule has 1 saturated carbocycles. The van der Waals surface area contributed by atoms with Gasteiger partial charge in [-0.05, 0) is 25.0 Å². The lowest BCUT2D eigenvalue weighted by Gasteiger charge is -2.24. The minimum absolute atomic E-state index is 0.0228. The zero-order valence-corrected chi connectivity index (χ0v) is 19.5. The Bertz CT molecular complexity index is 1940. The number of para-hydroxylation sites is 2. The van der Waals surface area contributed by atoms with Crippen LogP contribution in [0.5, 0.6) is 0 Å². The van der Waals surface area contributed by atoms with Gasteiger partial charge in [0.1, 0.15) is 5.70 Å². The van der Waals surface area contributed by atoms with E-state index in [0.29, 0.717) is 11.1 Å². The number of rotatable bonds is 3. The summed E-state index contributed by atoms with van der Waals surface area (Å²) in [4.78, 5) is 37.8. The molecule has 1 fully saturated rings. The predicted octanol–water partition coefficient (Wildman–Crippen LogP) is 3.52. The third-order valence-corrected chi connectivity index (χ3v) is 8.38. The molecule has 2 amide bonds. The van der Waals surface area contributed by atoms with Crippen molar-refractivity contribution in [1.82, 2.24) is 19.8 Å². The molecule has 5 aromatic rings. The van der Waals surface area contributed by atoms with Gasteiger partial charge in [0.25, 0.3) is 11.8 Å². The maximum atomic E-state index is 13.3. The van der Waals surface area contributed by atoms with Gasteiger partial charge in [-0.25, -0.2) is 4.79 Å². The van der Waals surface area contributed by atoms with E-state index in [-0.39, 0.29) is 35.6 Å². The van der Waals surface area contributed by atoms with E-state index in [9.17, 15) is 19.5 Å². The molecule has 5 N–H and O–H groups in total. The standard InChI is InChI=1S/C28H21N5O4/c29-15(28(36)37)11-30-16-9-12-10-19(16)33-18-8-4-2-6-14(18)21-23-22(26(34)31-27(23)35)20-13-5-1-3-7-17(13)32(12)24(20)25(21)33/h1-8,11-12,16,19,30H,9-10,29H2,(H,36,37)(H,31,34,35)/b15-11-. The Labute approximate surface area is 209 Å². The SMILES string of the molecule is N/C(=C\NC1CC2CC1n1c3ccccc3c3c4c(c5c6ccccc6n2c5c31)C(=O)NC4=O)C(=O)O. The Kier molecular flexibility index (Phi) is 3.69. The largest absolute Gasteiger partial charge is 0.477 e. The van der Waals surface area contributed by atoms with Gasteiger partial charge >= 0.3 is 5.97 Å². The number of benzene rings is 3. The van der Waals surface area contributed by atoms with E-state index in [1.165, 1.54) is 6.20 Å². The highest BCUT2D eigenvalue weighted by Crippen LogP contribution is 2.53. The number of imide groups is 1. The maximum Gasteiger partial charge on any atom is 0.353 e. The Morgan fingerprint density at radius 2 is 1.49 bits per heavy atom. The van der Waals surface area contributed by atoms with Crippen molar-refractivity contribution in [2.24, 2.45) is 5.73 Å². The molecule has 0 radical (unpaired) electrons. The van der Waals surface area contributed by atoms with Crippen molar-refractivity contribution >= 4 is 61.4 Å². The third-order valence-electron chi connectivity index (χ3n) is 8.38. The molecule has 3 atom stereocenters. The van der Waals surface area contributed by atoms with Crippen molar-refractivity contribution in [2.45, 2.75) is 31.0 Å². The first-order valence-electron chi connectivity index (χ1n) is 12.3. The van der Waals surface area contributed by atoms with Crippen LogP contribution in [-0.4, -0.2) is 38.1 Å². The predicted molar refractivity (Wildman–Crippen MR) is 138 cm³/mol. The number of carbonyl (C=O) groups is 3. The Balaban J connectivity index is 1.58. The molecule has 1 aliphatic carbocycles. The van der Waals surface area contributed by atoms with E-state index in [1.807, 2.05) is 42.5 Å². The lowest BCUT2D eigenvalue weighted by molar-refractivity contribution is -0.132. The smallest absolute Gasteiger partial charge is 0.353 e. The summed E-state index contributed by atoms with van der Waals surface area (Å²) in [6.07, 6.45) is 2.93. The first-order valence-corrected chi connectivity index (χ1v) is 12.3. The van der Waals surface area contributed by atoms with Gasteiger partial charge in [0, 0.05) is 50.9 Å². The van der Waals surface area contributed by atoms with Crippen LogP contribution in [0.3, 0.4) is 0 Å². The molecule has 3 aliphatic rings. The fraction of sp³-hybridized carbons (Fsp3) is 0.179. The number of amides is 2. The van der Waals surface area contributed by atoms with Gasteiger partial charge in [-0.3, -0.25) is 14.9 Å². The molecular formula is C28H21N5O4. The van der Waals surface area contributed by atoms with Crippen LogP contribution in [0.25, 0.3) is 43.6 Å². The first kappa shape index (κ1) is 20.4. The molecular weight excluding hydrogens is 470 g/mol. The monoisotopic (exact) mass is 491 g/mol. The normalized spacial score (nSPS) is 22.4. The lowest BCUT2D eigenvalue weighted by atomic mass is 9.96. The summed E-state index contributed by atoms with van der Waals surface area (Å²) >= 11 is 0. The number of hydrogen-bond acceptors (Lipinski definition) is 5. The number of carboxylic acid groups (broad SMARTS) is 1. The van der Waals surface area contributed by atoms with Gasteiger partial charge in [-0.15, -0.1) is 0 Å². The van der Waals surface area contributed by atoms with Crippen LogP contribution in [0, 0.1) is 0 Å². The minimum atomic E-state index is -1.17. The molecule has 2 aromatic heterocycles. The average molecular weight is 492 g/mol. The van der Waals surface area contributed by atoms with Crippen molar-refractivity contribution in [3.8, 4) is 0 Å². The first-order chi connectivity index (χ1) is 18.0. The molecule has 2 bridgehead atoms. The van der Waals surface area contributed by atoms with E-state index >= 15 is 0 Å². The van der Waals surface area contributed by atoms with Gasteiger partial charge in [-0.2, -0.15) is 0 Å². The van der Waals surface area contributed by atoms with Gasteiger partial charge in [0.2, 0.25) is 0 Å². The second-order valence-electron chi connectivity index (χ2n) is 10.1. The van der Waals surface area contributed by atoms with Crippen LogP contribution >= 0.6 is 0 Å². The molecule has 8 rings (SSSR count). The molecule has 182 valence electrons. The van der Waals surface area contributed by atoms with E-state index in [4.69, 9.17) is 5.73 Å². The Morgan fingerprint density at radius 1 is 0.919 bits per heavy atom. The number of fused-ring (bicyclic) bond motifs is 13. The number of aromatic nitrogens is 2. The molecule has 0 spiro atoms. The molecule has 3 aromatic carbocycles. The van der Waals surface area contributed by atoms with E-state index in [1.54, 1.807) is 0 Å². The number of carbonyl (C=O) groups excluding carboxylic acids is 2. The zero-order valence-electron chi connectivity index (χ0n) is 19.5. The van der Waals surface area contributed by atoms with E-state index < -0.39 is 5.97 Å². The van der Waals surface area contributed by atoms with Crippen molar-refractivity contribution < 1.29 is 19.5 Å². The molecule has 9 heteroatoms. The summed E-state index contributed by atoms with van der Waals surface area (Å²) in [6.45, 7) is 0. The number of aliphatic carboxylic acids is 1. The van der Waals surface area contributed by atoms with Gasteiger partial charge in [-0.1, -0.05) is 36.4 Å². The van der Waals surface area contributed by atoms with E-state index in [0.717, 1.165) is 56.5 Å².